The Balaban J connectivity index is 2.40. The number of rotatable bonds is 3. The summed E-state index contributed by atoms with van der Waals surface area (Å²) in [5.74, 6) is 3.00. The van der Waals surface area contributed by atoms with Crippen LogP contribution < -0.4 is 9.47 Å². The Hall–Kier alpha value is -1.18. The summed E-state index contributed by atoms with van der Waals surface area (Å²) in [6, 6.07) is 4.29. The summed E-state index contributed by atoms with van der Waals surface area (Å²) in [7, 11) is 0. The first kappa shape index (κ1) is 11.3. The van der Waals surface area contributed by atoms with E-state index in [0.29, 0.717) is 18.6 Å². The molecule has 1 aromatic rings. The van der Waals surface area contributed by atoms with E-state index in [9.17, 15) is 0 Å². The van der Waals surface area contributed by atoms with E-state index < -0.39 is 0 Å². The summed E-state index contributed by atoms with van der Waals surface area (Å²) in [5.41, 5.74) is 2.78. The summed E-state index contributed by atoms with van der Waals surface area (Å²) in [6.45, 7) is 9.30. The van der Waals surface area contributed by atoms with Crippen molar-refractivity contribution in [2.24, 2.45) is 5.92 Å². The molecule has 2 rings (SSSR count). The number of hydrogen-bond donors (Lipinski definition) is 0. The van der Waals surface area contributed by atoms with Gasteiger partial charge in [-0.2, -0.15) is 0 Å². The van der Waals surface area contributed by atoms with Gasteiger partial charge in [0.2, 0.25) is 6.79 Å². The van der Waals surface area contributed by atoms with Crippen LogP contribution in [0.15, 0.2) is 12.1 Å². The molecule has 1 aromatic carbocycles. The number of hydrogen-bond acceptors (Lipinski definition) is 2. The first-order valence-corrected chi connectivity index (χ1v) is 6.00. The minimum Gasteiger partial charge on any atom is -0.454 e. The Morgan fingerprint density at radius 1 is 1.06 bits per heavy atom. The average molecular weight is 220 g/mol. The second-order valence-corrected chi connectivity index (χ2v) is 5.16. The fourth-order valence-electron chi connectivity index (χ4n) is 2.15. The van der Waals surface area contributed by atoms with Gasteiger partial charge in [0, 0.05) is 0 Å². The molecule has 1 aliphatic heterocycles. The van der Waals surface area contributed by atoms with Crippen LogP contribution in [0.3, 0.4) is 0 Å². The predicted octanol–water partition coefficient (Wildman–Crippen LogP) is 3.74. The lowest BCUT2D eigenvalue weighted by molar-refractivity contribution is 0.174. The molecule has 0 bridgehead atoms. The fourth-order valence-corrected chi connectivity index (χ4v) is 2.15. The highest BCUT2D eigenvalue weighted by Crippen LogP contribution is 2.37. The Kier molecular flexibility index (Phi) is 3.08. The third kappa shape index (κ3) is 2.16. The van der Waals surface area contributed by atoms with Gasteiger partial charge in [-0.15, -0.1) is 0 Å². The first-order valence-electron chi connectivity index (χ1n) is 6.00. The molecule has 0 atom stereocenters. The molecule has 0 aromatic heterocycles. The minimum atomic E-state index is 0.359. The lowest BCUT2D eigenvalue weighted by Crippen LogP contribution is -2.01. The molecule has 0 unspecified atom stereocenters. The van der Waals surface area contributed by atoms with Crippen molar-refractivity contribution in [3.05, 3.63) is 23.3 Å². The van der Waals surface area contributed by atoms with Crippen LogP contribution in [0.1, 0.15) is 44.7 Å². The van der Waals surface area contributed by atoms with Crippen LogP contribution in [0.2, 0.25) is 0 Å². The van der Waals surface area contributed by atoms with E-state index in [4.69, 9.17) is 9.47 Å². The molecule has 2 nitrogen and oxygen atoms in total. The van der Waals surface area contributed by atoms with Crippen LogP contribution in [-0.4, -0.2) is 6.79 Å². The molecule has 16 heavy (non-hydrogen) atoms. The topological polar surface area (TPSA) is 18.5 Å². The maximum Gasteiger partial charge on any atom is 0.231 e. The van der Waals surface area contributed by atoms with Crippen molar-refractivity contribution in [3.63, 3.8) is 0 Å². The summed E-state index contributed by atoms with van der Waals surface area (Å²) in [5, 5.41) is 0. The van der Waals surface area contributed by atoms with Gasteiger partial charge in [0.15, 0.2) is 11.5 Å². The molecule has 0 spiro atoms. The first-order chi connectivity index (χ1) is 7.58. The lowest BCUT2D eigenvalue weighted by Gasteiger charge is -2.15. The summed E-state index contributed by atoms with van der Waals surface area (Å²) in [4.78, 5) is 0. The van der Waals surface area contributed by atoms with Gasteiger partial charge in [-0.1, -0.05) is 27.7 Å². The number of ether oxygens (including phenoxy) is 2. The van der Waals surface area contributed by atoms with E-state index >= 15 is 0 Å². The van der Waals surface area contributed by atoms with Crippen LogP contribution in [-0.2, 0) is 6.42 Å². The van der Waals surface area contributed by atoms with E-state index in [0.717, 1.165) is 17.9 Å². The highest BCUT2D eigenvalue weighted by Gasteiger charge is 2.18. The second kappa shape index (κ2) is 4.36. The summed E-state index contributed by atoms with van der Waals surface area (Å²) >= 11 is 0. The summed E-state index contributed by atoms with van der Waals surface area (Å²) < 4.78 is 10.9. The highest BCUT2D eigenvalue weighted by molar-refractivity contribution is 5.49. The van der Waals surface area contributed by atoms with Gasteiger partial charge in [0.05, 0.1) is 0 Å². The molecule has 0 amide bonds. The lowest BCUT2D eigenvalue weighted by atomic mass is 9.91. The molecule has 1 aliphatic rings. The van der Waals surface area contributed by atoms with Crippen molar-refractivity contribution < 1.29 is 9.47 Å². The second-order valence-electron chi connectivity index (χ2n) is 5.16. The SMILES string of the molecule is CC(C)Cc1cc2c(cc1C(C)C)OCO2. The van der Waals surface area contributed by atoms with E-state index in [1.807, 2.05) is 0 Å². The van der Waals surface area contributed by atoms with E-state index in [1.165, 1.54) is 11.1 Å². The monoisotopic (exact) mass is 220 g/mol. The van der Waals surface area contributed by atoms with E-state index in [1.54, 1.807) is 0 Å². The van der Waals surface area contributed by atoms with Crippen LogP contribution in [0.5, 0.6) is 11.5 Å². The van der Waals surface area contributed by atoms with Gasteiger partial charge >= 0.3 is 0 Å². The average Bonchev–Trinajstić information content (AvgIpc) is 2.62. The van der Waals surface area contributed by atoms with Gasteiger partial charge in [-0.25, -0.2) is 0 Å². The third-order valence-corrected chi connectivity index (χ3v) is 2.88. The molecule has 0 radical (unpaired) electrons. The zero-order valence-corrected chi connectivity index (χ0v) is 10.5. The van der Waals surface area contributed by atoms with Crippen molar-refractivity contribution in [1.82, 2.24) is 0 Å². The smallest absolute Gasteiger partial charge is 0.231 e. The summed E-state index contributed by atoms with van der Waals surface area (Å²) in [6.07, 6.45) is 1.10. The van der Waals surface area contributed by atoms with Crippen molar-refractivity contribution in [2.75, 3.05) is 6.79 Å². The highest BCUT2D eigenvalue weighted by atomic mass is 16.7. The zero-order valence-electron chi connectivity index (χ0n) is 10.5. The van der Waals surface area contributed by atoms with Crippen molar-refractivity contribution >= 4 is 0 Å². The van der Waals surface area contributed by atoms with E-state index in [2.05, 4.69) is 39.8 Å². The largest absolute Gasteiger partial charge is 0.454 e. The standard InChI is InChI=1S/C14H20O2/c1-9(2)5-11-6-13-14(16-8-15-13)7-12(11)10(3)4/h6-7,9-10H,5,8H2,1-4H3. The van der Waals surface area contributed by atoms with Crippen LogP contribution in [0.25, 0.3) is 0 Å². The molecule has 2 heteroatoms. The molecule has 0 saturated carbocycles. The maximum absolute atomic E-state index is 5.43. The predicted molar refractivity (Wildman–Crippen MR) is 65.2 cm³/mol. The van der Waals surface area contributed by atoms with Crippen LogP contribution in [0, 0.1) is 5.92 Å². The van der Waals surface area contributed by atoms with Crippen LogP contribution in [0.4, 0.5) is 0 Å². The fraction of sp³-hybridized carbons (Fsp3) is 0.571. The van der Waals surface area contributed by atoms with Gasteiger partial charge in [-0.05, 0) is 41.5 Å². The Morgan fingerprint density at radius 2 is 1.69 bits per heavy atom. The Bertz CT molecular complexity index is 381. The maximum atomic E-state index is 5.43. The molecule has 1 heterocycles. The normalized spacial score (nSPS) is 13.9. The van der Waals surface area contributed by atoms with Gasteiger partial charge in [0.1, 0.15) is 0 Å². The van der Waals surface area contributed by atoms with Crippen molar-refractivity contribution in [3.8, 4) is 11.5 Å². The molecule has 0 aliphatic carbocycles. The number of benzene rings is 1. The van der Waals surface area contributed by atoms with Gasteiger partial charge in [0.25, 0.3) is 0 Å². The molecule has 0 N–H and O–H groups in total. The molecule has 88 valence electrons. The van der Waals surface area contributed by atoms with E-state index in [-0.39, 0.29) is 0 Å². The molecular weight excluding hydrogens is 200 g/mol. The van der Waals surface area contributed by atoms with Crippen molar-refractivity contribution in [2.45, 2.75) is 40.0 Å². The quantitative estimate of drug-likeness (QED) is 0.772. The van der Waals surface area contributed by atoms with Gasteiger partial charge in [-0.3, -0.25) is 0 Å². The molecule has 0 saturated heterocycles. The third-order valence-electron chi connectivity index (χ3n) is 2.88. The molecular formula is C14H20O2. The molecule has 0 fully saturated rings. The Labute approximate surface area is 97.6 Å². The van der Waals surface area contributed by atoms with Crippen molar-refractivity contribution in [1.29, 1.82) is 0 Å². The minimum absolute atomic E-state index is 0.359. The van der Waals surface area contributed by atoms with Crippen LogP contribution >= 0.6 is 0 Å². The Morgan fingerprint density at radius 3 is 2.25 bits per heavy atom. The van der Waals surface area contributed by atoms with Gasteiger partial charge < -0.3 is 9.47 Å². The number of fused-ring (bicyclic) bond motifs is 1. The zero-order chi connectivity index (χ0) is 11.7.